The van der Waals surface area contributed by atoms with Gasteiger partial charge in [-0.05, 0) is 39.0 Å². The zero-order valence-electron chi connectivity index (χ0n) is 19.0. The smallest absolute Gasteiger partial charge is 0.116 e. The normalized spacial score (nSPS) is 11.6. The van der Waals surface area contributed by atoms with Crippen LogP contribution in [0.4, 0.5) is 5.69 Å². The Morgan fingerprint density at radius 3 is 2.62 bits per heavy atom. The number of aryl methyl sites for hydroxylation is 1. The van der Waals surface area contributed by atoms with Crippen LogP contribution in [0.5, 0.6) is 0 Å². The van der Waals surface area contributed by atoms with Gasteiger partial charge in [-0.15, -0.1) is 0 Å². The average Bonchev–Trinajstić information content (AvgIpc) is 3.55. The number of aromatic amines is 2. The molecule has 9 nitrogen and oxygen atoms in total. The average molecular weight is 450 g/mol. The highest BCUT2D eigenvalue weighted by Gasteiger charge is 2.15. The molecule has 0 unspecified atom stereocenters. The van der Waals surface area contributed by atoms with E-state index in [1.807, 2.05) is 54.7 Å². The Labute approximate surface area is 195 Å². The van der Waals surface area contributed by atoms with E-state index in [4.69, 9.17) is 0 Å². The van der Waals surface area contributed by atoms with Crippen LogP contribution < -0.4 is 5.32 Å². The van der Waals surface area contributed by atoms with Crippen molar-refractivity contribution < 1.29 is 0 Å². The Kier molecular flexibility index (Phi) is 4.61. The summed E-state index contributed by atoms with van der Waals surface area (Å²) in [6.45, 7) is 6.17. The van der Waals surface area contributed by atoms with Crippen molar-refractivity contribution in [2.75, 3.05) is 5.32 Å². The van der Waals surface area contributed by atoms with Crippen LogP contribution in [0.15, 0.2) is 61.7 Å². The monoisotopic (exact) mass is 449 g/mol. The number of hydrogen-bond acceptors (Lipinski definition) is 6. The standard InChI is InChI=1S/C25H23N9/c1-14(2)30-17-4-16(7-26-8-17)20-6-19-23(10-28-20)32-33-25(19)21-5-18-22(31-21)9-27-11-24(18)34-12-15(3)29-13-34/h4-14,30-31H,1-3H3,(H,32,33). The van der Waals surface area contributed by atoms with Gasteiger partial charge in [-0.2, -0.15) is 5.10 Å². The van der Waals surface area contributed by atoms with E-state index in [-0.39, 0.29) is 0 Å². The molecule has 0 saturated carbocycles. The lowest BCUT2D eigenvalue weighted by molar-refractivity contribution is 0.898. The van der Waals surface area contributed by atoms with Gasteiger partial charge in [0, 0.05) is 41.0 Å². The maximum Gasteiger partial charge on any atom is 0.116 e. The fourth-order valence-electron chi connectivity index (χ4n) is 4.19. The van der Waals surface area contributed by atoms with Gasteiger partial charge in [-0.1, -0.05) is 0 Å². The van der Waals surface area contributed by atoms with Crippen molar-refractivity contribution >= 4 is 27.5 Å². The number of rotatable bonds is 5. The molecule has 0 bridgehead atoms. The molecule has 0 aromatic carbocycles. The van der Waals surface area contributed by atoms with Gasteiger partial charge in [-0.25, -0.2) is 4.98 Å². The van der Waals surface area contributed by atoms with Crippen molar-refractivity contribution in [3.05, 3.63) is 67.4 Å². The highest BCUT2D eigenvalue weighted by Crippen LogP contribution is 2.32. The van der Waals surface area contributed by atoms with Crippen LogP contribution in [0.2, 0.25) is 0 Å². The largest absolute Gasteiger partial charge is 0.382 e. The van der Waals surface area contributed by atoms with Crippen molar-refractivity contribution in [2.45, 2.75) is 26.8 Å². The Balaban J connectivity index is 1.45. The van der Waals surface area contributed by atoms with E-state index < -0.39 is 0 Å². The summed E-state index contributed by atoms with van der Waals surface area (Å²) < 4.78 is 1.98. The first-order chi connectivity index (χ1) is 16.5. The van der Waals surface area contributed by atoms with Crippen molar-refractivity contribution in [1.29, 1.82) is 0 Å². The lowest BCUT2D eigenvalue weighted by Crippen LogP contribution is -2.09. The third-order valence-electron chi connectivity index (χ3n) is 5.71. The molecule has 168 valence electrons. The molecule has 34 heavy (non-hydrogen) atoms. The van der Waals surface area contributed by atoms with Gasteiger partial charge in [-0.3, -0.25) is 20.1 Å². The van der Waals surface area contributed by atoms with E-state index in [1.165, 1.54) is 0 Å². The summed E-state index contributed by atoms with van der Waals surface area (Å²) in [5, 5.41) is 13.1. The number of aromatic nitrogens is 8. The van der Waals surface area contributed by atoms with E-state index in [0.29, 0.717) is 6.04 Å². The summed E-state index contributed by atoms with van der Waals surface area (Å²) in [5.74, 6) is 0. The van der Waals surface area contributed by atoms with Crippen molar-refractivity contribution in [3.8, 4) is 28.3 Å². The fourth-order valence-corrected chi connectivity index (χ4v) is 4.19. The van der Waals surface area contributed by atoms with Crippen molar-refractivity contribution in [2.24, 2.45) is 0 Å². The summed E-state index contributed by atoms with van der Waals surface area (Å²) in [6.07, 6.45) is 12.9. The molecule has 3 N–H and O–H groups in total. The van der Waals surface area contributed by atoms with Gasteiger partial charge in [0.2, 0.25) is 0 Å². The highest BCUT2D eigenvalue weighted by atomic mass is 15.1. The molecule has 9 heteroatoms. The molecule has 6 heterocycles. The number of anilines is 1. The molecule has 0 amide bonds. The summed E-state index contributed by atoms with van der Waals surface area (Å²) in [4.78, 5) is 21.2. The molecule has 0 spiro atoms. The molecule has 6 rings (SSSR count). The van der Waals surface area contributed by atoms with Gasteiger partial charge in [0.05, 0.1) is 64.4 Å². The molecular formula is C25H23N9. The molecule has 0 aliphatic heterocycles. The quantitative estimate of drug-likeness (QED) is 0.346. The van der Waals surface area contributed by atoms with E-state index in [1.54, 1.807) is 6.33 Å². The minimum atomic E-state index is 0.320. The second-order valence-electron chi connectivity index (χ2n) is 8.67. The molecule has 0 aliphatic rings. The van der Waals surface area contributed by atoms with Crippen LogP contribution in [0.1, 0.15) is 19.5 Å². The third kappa shape index (κ3) is 3.47. The predicted octanol–water partition coefficient (Wildman–Crippen LogP) is 4.88. The second-order valence-corrected chi connectivity index (χ2v) is 8.67. The van der Waals surface area contributed by atoms with E-state index >= 15 is 0 Å². The number of pyridine rings is 3. The van der Waals surface area contributed by atoms with Crippen LogP contribution in [0.3, 0.4) is 0 Å². The van der Waals surface area contributed by atoms with E-state index in [9.17, 15) is 0 Å². The van der Waals surface area contributed by atoms with Gasteiger partial charge in [0.1, 0.15) is 5.69 Å². The van der Waals surface area contributed by atoms with Gasteiger partial charge in [0.25, 0.3) is 0 Å². The summed E-state index contributed by atoms with van der Waals surface area (Å²) in [6, 6.07) is 6.54. The van der Waals surface area contributed by atoms with Gasteiger partial charge < -0.3 is 14.9 Å². The number of nitrogens with zero attached hydrogens (tertiary/aromatic N) is 6. The van der Waals surface area contributed by atoms with Crippen LogP contribution in [-0.4, -0.2) is 45.7 Å². The number of nitrogens with one attached hydrogen (secondary N) is 3. The fraction of sp³-hybridized carbons (Fsp3) is 0.160. The molecule has 6 aromatic rings. The maximum absolute atomic E-state index is 4.63. The lowest BCUT2D eigenvalue weighted by atomic mass is 10.1. The number of H-pyrrole nitrogens is 2. The van der Waals surface area contributed by atoms with Crippen LogP contribution in [-0.2, 0) is 0 Å². The molecule has 0 saturated heterocycles. The SMILES string of the molecule is Cc1cn(-c2cncc3[nH]c(-c4n[nH]c5cnc(-c6cncc(NC(C)C)c6)cc45)cc23)cn1. The van der Waals surface area contributed by atoms with Crippen LogP contribution in [0.25, 0.3) is 50.1 Å². The second kappa shape index (κ2) is 7.80. The number of fused-ring (bicyclic) bond motifs is 2. The van der Waals surface area contributed by atoms with Gasteiger partial charge >= 0.3 is 0 Å². The highest BCUT2D eigenvalue weighted by molar-refractivity contribution is 5.98. The predicted molar refractivity (Wildman–Crippen MR) is 133 cm³/mol. The molecule has 0 atom stereocenters. The van der Waals surface area contributed by atoms with Crippen LogP contribution in [0, 0.1) is 6.92 Å². The minimum Gasteiger partial charge on any atom is -0.382 e. The van der Waals surface area contributed by atoms with Crippen LogP contribution >= 0.6 is 0 Å². The topological polar surface area (TPSA) is 113 Å². The van der Waals surface area contributed by atoms with Crippen molar-refractivity contribution in [1.82, 2.24) is 39.7 Å². The molecule has 6 aromatic heterocycles. The first kappa shape index (κ1) is 20.1. The first-order valence-corrected chi connectivity index (χ1v) is 11.1. The maximum atomic E-state index is 4.63. The molecule has 0 aliphatic carbocycles. The zero-order valence-corrected chi connectivity index (χ0v) is 19.0. The van der Waals surface area contributed by atoms with E-state index in [2.05, 4.69) is 66.4 Å². The minimum absolute atomic E-state index is 0.320. The summed E-state index contributed by atoms with van der Waals surface area (Å²) in [5.41, 5.74) is 8.18. The molecule has 0 radical (unpaired) electrons. The summed E-state index contributed by atoms with van der Waals surface area (Å²) in [7, 11) is 0. The Hall–Kier alpha value is -4.53. The molecule has 0 fully saturated rings. The zero-order chi connectivity index (χ0) is 23.2. The number of imidazole rings is 1. The van der Waals surface area contributed by atoms with Gasteiger partial charge in [0.15, 0.2) is 0 Å². The molecular weight excluding hydrogens is 426 g/mol. The summed E-state index contributed by atoms with van der Waals surface area (Å²) >= 11 is 0. The van der Waals surface area contributed by atoms with Crippen molar-refractivity contribution in [3.63, 3.8) is 0 Å². The number of hydrogen-bond donors (Lipinski definition) is 3. The Morgan fingerprint density at radius 2 is 1.79 bits per heavy atom. The lowest BCUT2D eigenvalue weighted by Gasteiger charge is -2.10. The first-order valence-electron chi connectivity index (χ1n) is 11.1. The van der Waals surface area contributed by atoms with E-state index in [0.717, 1.165) is 61.5 Å². The third-order valence-corrected chi connectivity index (χ3v) is 5.71. The Bertz CT molecular complexity index is 1640. The Morgan fingerprint density at radius 1 is 0.912 bits per heavy atom.